The van der Waals surface area contributed by atoms with Crippen LogP contribution in [0.4, 0.5) is 0 Å². The third-order valence-corrected chi connectivity index (χ3v) is 5.93. The minimum Gasteiger partial charge on any atom is -0.399 e. The van der Waals surface area contributed by atoms with Crippen LogP contribution in [0.2, 0.25) is 0 Å². The van der Waals surface area contributed by atoms with Gasteiger partial charge in [-0.15, -0.1) is 0 Å². The summed E-state index contributed by atoms with van der Waals surface area (Å²) in [7, 11) is -0.338. The first kappa shape index (κ1) is 17.1. The lowest BCUT2D eigenvalue weighted by Gasteiger charge is -2.32. The van der Waals surface area contributed by atoms with Gasteiger partial charge in [0.05, 0.1) is 22.2 Å². The second-order valence-electron chi connectivity index (χ2n) is 8.40. The van der Waals surface area contributed by atoms with Crippen LogP contribution in [0, 0.1) is 0 Å². The minimum atomic E-state index is -0.338. The first-order valence-electron chi connectivity index (χ1n) is 9.42. The van der Waals surface area contributed by atoms with E-state index in [2.05, 4.69) is 56.2 Å². The van der Waals surface area contributed by atoms with Gasteiger partial charge in [0.1, 0.15) is 5.82 Å². The zero-order valence-corrected chi connectivity index (χ0v) is 15.7. The number of imidazole rings is 1. The zero-order valence-electron chi connectivity index (χ0n) is 15.7. The van der Waals surface area contributed by atoms with Crippen molar-refractivity contribution >= 4 is 23.6 Å². The van der Waals surface area contributed by atoms with Gasteiger partial charge in [-0.1, -0.05) is 12.5 Å². The molecule has 1 aromatic carbocycles. The van der Waals surface area contributed by atoms with E-state index in [0.29, 0.717) is 6.04 Å². The van der Waals surface area contributed by atoms with Crippen molar-refractivity contribution in [2.45, 2.75) is 70.6 Å². The summed E-state index contributed by atoms with van der Waals surface area (Å²) >= 11 is 0. The maximum absolute atomic E-state index is 6.16. The normalized spacial score (nSPS) is 25.6. The minimum absolute atomic E-state index is 0.323. The second kappa shape index (κ2) is 6.11. The predicted octanol–water partition coefficient (Wildman–Crippen LogP) is 2.55. The SMILES string of the molecule is CC1(C)OB(c2ccc3[nH]c(CC4CCCCN4)nc3c2)OC1(C)C. The Kier molecular flexibility index (Phi) is 4.17. The summed E-state index contributed by atoms with van der Waals surface area (Å²) in [6.45, 7) is 9.44. The van der Waals surface area contributed by atoms with Gasteiger partial charge in [0.25, 0.3) is 0 Å². The molecule has 2 saturated heterocycles. The summed E-state index contributed by atoms with van der Waals surface area (Å²) in [6.07, 6.45) is 4.79. The van der Waals surface area contributed by atoms with Crippen LogP contribution >= 0.6 is 0 Å². The average molecular weight is 341 g/mol. The largest absolute Gasteiger partial charge is 0.494 e. The van der Waals surface area contributed by atoms with E-state index in [4.69, 9.17) is 14.3 Å². The quantitative estimate of drug-likeness (QED) is 0.843. The highest BCUT2D eigenvalue weighted by atomic mass is 16.7. The fourth-order valence-corrected chi connectivity index (χ4v) is 3.63. The number of benzene rings is 1. The summed E-state index contributed by atoms with van der Waals surface area (Å²) in [6, 6.07) is 6.79. The van der Waals surface area contributed by atoms with Gasteiger partial charge >= 0.3 is 7.12 Å². The molecule has 0 aliphatic carbocycles. The van der Waals surface area contributed by atoms with E-state index in [9.17, 15) is 0 Å². The van der Waals surface area contributed by atoms with Crippen molar-refractivity contribution in [2.75, 3.05) is 6.54 Å². The topological polar surface area (TPSA) is 59.2 Å². The fraction of sp³-hybridized carbons (Fsp3) is 0.632. The van der Waals surface area contributed by atoms with Crippen LogP contribution in [0.3, 0.4) is 0 Å². The van der Waals surface area contributed by atoms with Gasteiger partial charge < -0.3 is 19.6 Å². The molecule has 5 nitrogen and oxygen atoms in total. The maximum Gasteiger partial charge on any atom is 0.494 e. The molecule has 0 radical (unpaired) electrons. The molecule has 134 valence electrons. The number of piperidine rings is 1. The van der Waals surface area contributed by atoms with Crippen LogP contribution in [-0.4, -0.2) is 40.9 Å². The van der Waals surface area contributed by atoms with Crippen LogP contribution < -0.4 is 10.8 Å². The number of nitrogens with one attached hydrogen (secondary N) is 2. The Morgan fingerprint density at radius 1 is 1.16 bits per heavy atom. The van der Waals surface area contributed by atoms with E-state index in [-0.39, 0.29) is 18.3 Å². The highest BCUT2D eigenvalue weighted by Gasteiger charge is 2.51. The van der Waals surface area contributed by atoms with Crippen LogP contribution in [0.1, 0.15) is 52.8 Å². The molecule has 2 aliphatic rings. The molecule has 1 unspecified atom stereocenters. The lowest BCUT2D eigenvalue weighted by atomic mass is 9.79. The second-order valence-corrected chi connectivity index (χ2v) is 8.40. The molecule has 0 spiro atoms. The number of rotatable bonds is 3. The number of aromatic amines is 1. The van der Waals surface area contributed by atoms with Gasteiger partial charge in [0.15, 0.2) is 0 Å². The van der Waals surface area contributed by atoms with Crippen molar-refractivity contribution in [3.8, 4) is 0 Å². The van der Waals surface area contributed by atoms with E-state index in [0.717, 1.165) is 35.3 Å². The van der Waals surface area contributed by atoms with E-state index in [1.54, 1.807) is 0 Å². The molecule has 2 N–H and O–H groups in total. The van der Waals surface area contributed by atoms with Crippen molar-refractivity contribution in [2.24, 2.45) is 0 Å². The number of aromatic nitrogens is 2. The lowest BCUT2D eigenvalue weighted by molar-refractivity contribution is 0.00578. The number of hydrogen-bond acceptors (Lipinski definition) is 4. The van der Waals surface area contributed by atoms with Crippen molar-refractivity contribution in [3.05, 3.63) is 24.0 Å². The van der Waals surface area contributed by atoms with Crippen molar-refractivity contribution < 1.29 is 9.31 Å². The first-order chi connectivity index (χ1) is 11.8. The zero-order chi connectivity index (χ0) is 17.7. The molecular formula is C19H28BN3O2. The Morgan fingerprint density at radius 3 is 2.60 bits per heavy atom. The molecule has 0 bridgehead atoms. The van der Waals surface area contributed by atoms with Gasteiger partial charge in [0, 0.05) is 12.5 Å². The van der Waals surface area contributed by atoms with Gasteiger partial charge in [0.2, 0.25) is 0 Å². The number of nitrogens with zero attached hydrogens (tertiary/aromatic N) is 1. The molecule has 2 fully saturated rings. The first-order valence-corrected chi connectivity index (χ1v) is 9.42. The summed E-state index contributed by atoms with van der Waals surface area (Å²) in [4.78, 5) is 8.27. The van der Waals surface area contributed by atoms with Gasteiger partial charge in [-0.05, 0) is 64.7 Å². The number of fused-ring (bicyclic) bond motifs is 1. The Hall–Kier alpha value is -1.37. The average Bonchev–Trinajstić information content (AvgIpc) is 3.04. The highest BCUT2D eigenvalue weighted by molar-refractivity contribution is 6.62. The Balaban J connectivity index is 1.54. The smallest absolute Gasteiger partial charge is 0.399 e. The number of hydrogen-bond donors (Lipinski definition) is 2. The van der Waals surface area contributed by atoms with Gasteiger partial charge in [-0.2, -0.15) is 0 Å². The molecule has 2 aliphatic heterocycles. The van der Waals surface area contributed by atoms with Crippen molar-refractivity contribution in [1.29, 1.82) is 0 Å². The summed E-state index contributed by atoms with van der Waals surface area (Å²) < 4.78 is 12.3. The Labute approximate surface area is 150 Å². The molecule has 4 rings (SSSR count). The molecule has 25 heavy (non-hydrogen) atoms. The Bertz CT molecular complexity index is 749. The third kappa shape index (κ3) is 3.23. The summed E-state index contributed by atoms with van der Waals surface area (Å²) in [5.41, 5.74) is 2.44. The number of H-pyrrole nitrogens is 1. The van der Waals surface area contributed by atoms with E-state index in [1.807, 2.05) is 0 Å². The molecule has 0 amide bonds. The molecule has 6 heteroatoms. The molecule has 1 aromatic heterocycles. The van der Waals surface area contributed by atoms with Crippen molar-refractivity contribution in [3.63, 3.8) is 0 Å². The standard InChI is InChI=1S/C19H28BN3O2/c1-18(2)19(3,4)25-20(24-18)13-8-9-15-16(11-13)23-17(22-15)12-14-7-5-6-10-21-14/h8-9,11,14,21H,5-7,10,12H2,1-4H3,(H,22,23). The van der Waals surface area contributed by atoms with Crippen LogP contribution in [-0.2, 0) is 15.7 Å². The monoisotopic (exact) mass is 341 g/mol. The van der Waals surface area contributed by atoms with E-state index >= 15 is 0 Å². The van der Waals surface area contributed by atoms with E-state index in [1.165, 1.54) is 19.3 Å². The molecular weight excluding hydrogens is 313 g/mol. The lowest BCUT2D eigenvalue weighted by Crippen LogP contribution is -2.41. The van der Waals surface area contributed by atoms with Crippen LogP contribution in [0.15, 0.2) is 18.2 Å². The third-order valence-electron chi connectivity index (χ3n) is 5.93. The fourth-order valence-electron chi connectivity index (χ4n) is 3.63. The predicted molar refractivity (Wildman–Crippen MR) is 101 cm³/mol. The molecule has 3 heterocycles. The van der Waals surface area contributed by atoms with Crippen molar-refractivity contribution in [1.82, 2.24) is 15.3 Å². The summed E-state index contributed by atoms with van der Waals surface area (Å²) in [5.74, 6) is 1.06. The molecule has 2 aromatic rings. The maximum atomic E-state index is 6.16. The van der Waals surface area contributed by atoms with E-state index < -0.39 is 0 Å². The highest BCUT2D eigenvalue weighted by Crippen LogP contribution is 2.36. The Morgan fingerprint density at radius 2 is 1.92 bits per heavy atom. The van der Waals surface area contributed by atoms with Crippen LogP contribution in [0.25, 0.3) is 11.0 Å². The molecule has 0 saturated carbocycles. The summed E-state index contributed by atoms with van der Waals surface area (Å²) in [5, 5.41) is 3.59. The van der Waals surface area contributed by atoms with Gasteiger partial charge in [-0.3, -0.25) is 0 Å². The van der Waals surface area contributed by atoms with Crippen LogP contribution in [0.5, 0.6) is 0 Å². The van der Waals surface area contributed by atoms with Gasteiger partial charge in [-0.25, -0.2) is 4.98 Å². The molecule has 1 atom stereocenters.